The standard InChI is InChI=1S/C21H27ClN4O2S.HI/c1-23-21(25-16-18-7-5-6-10-20(18)22)24-15-17-11-13-26(14-12-17)29(27,28)19-8-3-2-4-9-19;/h2-10,17H,11-16H2,1H3,(H2,23,24,25);1H. The molecule has 0 unspecified atom stereocenters. The van der Waals surface area contributed by atoms with Crippen LogP contribution >= 0.6 is 35.6 Å². The molecule has 9 heteroatoms. The summed E-state index contributed by atoms with van der Waals surface area (Å²) in [7, 11) is -1.67. The molecule has 6 nitrogen and oxygen atoms in total. The van der Waals surface area contributed by atoms with Gasteiger partial charge in [-0.05, 0) is 42.5 Å². The maximum absolute atomic E-state index is 12.7. The summed E-state index contributed by atoms with van der Waals surface area (Å²) in [4.78, 5) is 4.62. The molecule has 0 aromatic heterocycles. The Balaban J connectivity index is 0.00000320. The third kappa shape index (κ3) is 6.57. The van der Waals surface area contributed by atoms with Crippen molar-refractivity contribution in [2.45, 2.75) is 24.3 Å². The molecule has 1 aliphatic heterocycles. The molecule has 0 radical (unpaired) electrons. The van der Waals surface area contributed by atoms with Crippen molar-refractivity contribution in [3.8, 4) is 0 Å². The zero-order valence-corrected chi connectivity index (χ0v) is 20.8. The lowest BCUT2D eigenvalue weighted by Crippen LogP contribution is -2.44. The molecule has 2 N–H and O–H groups in total. The molecular weight excluding hydrogens is 535 g/mol. The lowest BCUT2D eigenvalue weighted by Gasteiger charge is -2.31. The van der Waals surface area contributed by atoms with E-state index in [1.165, 1.54) is 0 Å². The number of hydrogen-bond donors (Lipinski definition) is 2. The Morgan fingerprint density at radius 1 is 1.07 bits per heavy atom. The summed E-state index contributed by atoms with van der Waals surface area (Å²) in [6.45, 7) is 2.42. The molecule has 164 valence electrons. The highest BCUT2D eigenvalue weighted by molar-refractivity contribution is 14.0. The van der Waals surface area contributed by atoms with Crippen molar-refractivity contribution < 1.29 is 8.42 Å². The van der Waals surface area contributed by atoms with Gasteiger partial charge in [-0.1, -0.05) is 48.0 Å². The van der Waals surface area contributed by atoms with Crippen LogP contribution in [0.5, 0.6) is 0 Å². The Bertz CT molecular complexity index is 933. The first kappa shape index (κ1) is 24.9. The first-order chi connectivity index (χ1) is 14.0. The minimum atomic E-state index is -3.40. The summed E-state index contributed by atoms with van der Waals surface area (Å²) in [5.74, 6) is 1.11. The minimum Gasteiger partial charge on any atom is -0.356 e. The Kier molecular flexibility index (Phi) is 9.86. The van der Waals surface area contributed by atoms with Crippen LogP contribution in [0.25, 0.3) is 0 Å². The number of nitrogens with one attached hydrogen (secondary N) is 2. The molecular formula is C21H28ClIN4O2S. The Morgan fingerprint density at radius 2 is 1.70 bits per heavy atom. The number of halogens is 2. The number of aliphatic imine (C=N–C) groups is 1. The number of piperidine rings is 1. The van der Waals surface area contributed by atoms with Crippen LogP contribution in [0.2, 0.25) is 5.02 Å². The van der Waals surface area contributed by atoms with Crippen molar-refractivity contribution in [1.29, 1.82) is 0 Å². The van der Waals surface area contributed by atoms with E-state index in [1.807, 2.05) is 30.3 Å². The molecule has 1 aliphatic rings. The van der Waals surface area contributed by atoms with Gasteiger partial charge in [0.15, 0.2) is 5.96 Å². The predicted molar refractivity (Wildman–Crippen MR) is 133 cm³/mol. The normalized spacial score (nSPS) is 16.0. The van der Waals surface area contributed by atoms with Gasteiger partial charge in [-0.2, -0.15) is 4.31 Å². The van der Waals surface area contributed by atoms with E-state index in [0.29, 0.717) is 36.4 Å². The van der Waals surface area contributed by atoms with E-state index in [0.717, 1.165) is 30.0 Å². The van der Waals surface area contributed by atoms with Gasteiger partial charge in [-0.15, -0.1) is 24.0 Å². The summed E-state index contributed by atoms with van der Waals surface area (Å²) in [6, 6.07) is 16.3. The average Bonchev–Trinajstić information content (AvgIpc) is 2.76. The van der Waals surface area contributed by atoms with Crippen LogP contribution in [0.4, 0.5) is 0 Å². The highest BCUT2D eigenvalue weighted by Gasteiger charge is 2.29. The van der Waals surface area contributed by atoms with Crippen LogP contribution in [-0.2, 0) is 16.6 Å². The second kappa shape index (κ2) is 11.9. The summed E-state index contributed by atoms with van der Waals surface area (Å²) in [5, 5.41) is 7.34. The van der Waals surface area contributed by atoms with Gasteiger partial charge < -0.3 is 10.6 Å². The number of hydrogen-bond acceptors (Lipinski definition) is 3. The van der Waals surface area contributed by atoms with Gasteiger partial charge in [0.2, 0.25) is 10.0 Å². The molecule has 2 aromatic rings. The van der Waals surface area contributed by atoms with Crippen molar-refractivity contribution in [3.63, 3.8) is 0 Å². The van der Waals surface area contributed by atoms with Crippen molar-refractivity contribution in [2.24, 2.45) is 10.9 Å². The smallest absolute Gasteiger partial charge is 0.243 e. The third-order valence-electron chi connectivity index (χ3n) is 5.14. The fourth-order valence-corrected chi connectivity index (χ4v) is 5.07. The van der Waals surface area contributed by atoms with Crippen LogP contribution in [0, 0.1) is 5.92 Å². The summed E-state index contributed by atoms with van der Waals surface area (Å²) < 4.78 is 27.0. The minimum absolute atomic E-state index is 0. The lowest BCUT2D eigenvalue weighted by molar-refractivity contribution is 0.273. The summed E-state index contributed by atoms with van der Waals surface area (Å²) in [5.41, 5.74) is 1.01. The Morgan fingerprint density at radius 3 is 2.33 bits per heavy atom. The zero-order valence-electron chi connectivity index (χ0n) is 16.9. The van der Waals surface area contributed by atoms with Gasteiger partial charge in [0.25, 0.3) is 0 Å². The van der Waals surface area contributed by atoms with Gasteiger partial charge in [0.1, 0.15) is 0 Å². The fraction of sp³-hybridized carbons (Fsp3) is 0.381. The fourth-order valence-electron chi connectivity index (χ4n) is 3.38. The summed E-state index contributed by atoms with van der Waals surface area (Å²) in [6.07, 6.45) is 1.64. The second-order valence-electron chi connectivity index (χ2n) is 7.06. The first-order valence-electron chi connectivity index (χ1n) is 9.74. The quantitative estimate of drug-likeness (QED) is 0.320. The number of rotatable bonds is 6. The van der Waals surface area contributed by atoms with Crippen molar-refractivity contribution in [1.82, 2.24) is 14.9 Å². The van der Waals surface area contributed by atoms with Crippen LogP contribution in [0.1, 0.15) is 18.4 Å². The molecule has 30 heavy (non-hydrogen) atoms. The molecule has 2 aromatic carbocycles. The van der Waals surface area contributed by atoms with Crippen LogP contribution < -0.4 is 10.6 Å². The molecule has 0 amide bonds. The molecule has 1 fully saturated rings. The molecule has 0 saturated carbocycles. The van der Waals surface area contributed by atoms with E-state index in [-0.39, 0.29) is 24.0 Å². The SMILES string of the molecule is CN=C(NCc1ccccc1Cl)NCC1CCN(S(=O)(=O)c2ccccc2)CC1.I. The topological polar surface area (TPSA) is 73.8 Å². The summed E-state index contributed by atoms with van der Waals surface area (Å²) >= 11 is 6.19. The highest BCUT2D eigenvalue weighted by Crippen LogP contribution is 2.23. The molecule has 0 aliphatic carbocycles. The van der Waals surface area contributed by atoms with Crippen LogP contribution in [0.3, 0.4) is 0 Å². The van der Waals surface area contributed by atoms with Crippen molar-refractivity contribution in [3.05, 3.63) is 65.2 Å². The number of guanidine groups is 1. The van der Waals surface area contributed by atoms with E-state index in [2.05, 4.69) is 15.6 Å². The number of nitrogens with zero attached hydrogens (tertiary/aromatic N) is 2. The molecule has 3 rings (SSSR count). The maximum atomic E-state index is 12.7. The second-order valence-corrected chi connectivity index (χ2v) is 9.40. The average molecular weight is 563 g/mol. The highest BCUT2D eigenvalue weighted by atomic mass is 127. The number of benzene rings is 2. The Labute approximate surface area is 201 Å². The Hall–Kier alpha value is -1.36. The van der Waals surface area contributed by atoms with Gasteiger partial charge in [0.05, 0.1) is 4.90 Å². The lowest BCUT2D eigenvalue weighted by atomic mass is 9.98. The first-order valence-corrected chi connectivity index (χ1v) is 11.6. The van der Waals surface area contributed by atoms with Crippen molar-refractivity contribution >= 4 is 51.6 Å². The molecule has 0 bridgehead atoms. The molecule has 1 heterocycles. The van der Waals surface area contributed by atoms with Gasteiger partial charge in [0, 0.05) is 38.2 Å². The molecule has 1 saturated heterocycles. The molecule has 0 spiro atoms. The van der Waals surface area contributed by atoms with Gasteiger partial charge >= 0.3 is 0 Å². The largest absolute Gasteiger partial charge is 0.356 e. The third-order valence-corrected chi connectivity index (χ3v) is 7.42. The zero-order chi connectivity index (χ0) is 20.7. The van der Waals surface area contributed by atoms with E-state index in [1.54, 1.807) is 35.6 Å². The van der Waals surface area contributed by atoms with Gasteiger partial charge in [-0.3, -0.25) is 4.99 Å². The van der Waals surface area contributed by atoms with Crippen LogP contribution in [0.15, 0.2) is 64.5 Å². The van der Waals surface area contributed by atoms with Crippen molar-refractivity contribution in [2.75, 3.05) is 26.7 Å². The monoisotopic (exact) mass is 562 g/mol. The van der Waals surface area contributed by atoms with E-state index >= 15 is 0 Å². The molecule has 0 atom stereocenters. The van der Waals surface area contributed by atoms with E-state index in [4.69, 9.17) is 11.6 Å². The van der Waals surface area contributed by atoms with E-state index in [9.17, 15) is 8.42 Å². The van der Waals surface area contributed by atoms with E-state index < -0.39 is 10.0 Å². The predicted octanol–water partition coefficient (Wildman–Crippen LogP) is 3.72. The maximum Gasteiger partial charge on any atom is 0.243 e. The number of sulfonamides is 1. The van der Waals surface area contributed by atoms with Crippen LogP contribution in [-0.4, -0.2) is 45.4 Å². The van der Waals surface area contributed by atoms with Gasteiger partial charge in [-0.25, -0.2) is 8.42 Å².